The molecule has 0 aliphatic rings. The molecule has 2 amide bonds. The van der Waals surface area contributed by atoms with Gasteiger partial charge in [0, 0.05) is 17.7 Å². The van der Waals surface area contributed by atoms with Gasteiger partial charge in [-0.05, 0) is 69.5 Å². The van der Waals surface area contributed by atoms with E-state index >= 15 is 0 Å². The molecule has 0 atom stereocenters. The smallest absolute Gasteiger partial charge is 0.287 e. The molecule has 4 N–H and O–H groups in total. The fourth-order valence-electron chi connectivity index (χ4n) is 2.71. The van der Waals surface area contributed by atoms with Crippen molar-refractivity contribution in [2.75, 3.05) is 0 Å². The molecule has 0 unspecified atom stereocenters. The van der Waals surface area contributed by atoms with E-state index in [9.17, 15) is 29.9 Å². The fraction of sp³-hybridized carbons (Fsp3) is 0. The van der Waals surface area contributed by atoms with Crippen molar-refractivity contribution < 1.29 is 24.7 Å². The Bertz CT molecular complexity index is 1270. The standard InChI is InChI=1S/C23H17BrN4O6/c24-18-10-15(12-20(29)21(18)30)13-25-27-23(32)19(26-22(31)16-4-2-1-3-5-16)11-14-6-8-17(9-7-14)28(33)34/h1-13,29-30H,(H,26,31)(H,27,32)/b19-11-,25-13+. The van der Waals surface area contributed by atoms with E-state index in [1.807, 2.05) is 0 Å². The van der Waals surface area contributed by atoms with Crippen molar-refractivity contribution in [1.29, 1.82) is 0 Å². The number of carbonyl (C=O) groups excluding carboxylic acids is 2. The van der Waals surface area contributed by atoms with E-state index in [2.05, 4.69) is 31.8 Å². The fourth-order valence-corrected chi connectivity index (χ4v) is 3.17. The number of nitrogens with zero attached hydrogens (tertiary/aromatic N) is 2. The number of phenolic OH excluding ortho intramolecular Hbond substituents is 2. The first-order valence-corrected chi connectivity index (χ1v) is 10.4. The SMILES string of the molecule is O=C(N/N=C/c1cc(O)c(O)c(Br)c1)/C(=C/c1ccc([N+](=O)[O-])cc1)NC(=O)c1ccccc1. The minimum absolute atomic E-state index is 0.121. The highest BCUT2D eigenvalue weighted by Gasteiger charge is 2.15. The highest BCUT2D eigenvalue weighted by Crippen LogP contribution is 2.33. The molecule has 0 heterocycles. The lowest BCUT2D eigenvalue weighted by molar-refractivity contribution is -0.384. The number of carbonyl (C=O) groups is 2. The number of nitro groups is 1. The van der Waals surface area contributed by atoms with Crippen molar-refractivity contribution in [2.24, 2.45) is 5.10 Å². The molecule has 10 nitrogen and oxygen atoms in total. The molecule has 0 fully saturated rings. The number of aromatic hydroxyl groups is 2. The van der Waals surface area contributed by atoms with Gasteiger partial charge in [0.25, 0.3) is 17.5 Å². The van der Waals surface area contributed by atoms with Gasteiger partial charge in [-0.2, -0.15) is 5.10 Å². The van der Waals surface area contributed by atoms with Gasteiger partial charge < -0.3 is 15.5 Å². The molecule has 0 radical (unpaired) electrons. The molecule has 34 heavy (non-hydrogen) atoms. The summed E-state index contributed by atoms with van der Waals surface area (Å²) in [6.45, 7) is 0. The van der Waals surface area contributed by atoms with Crippen LogP contribution in [0.3, 0.4) is 0 Å². The van der Waals surface area contributed by atoms with Crippen LogP contribution in [0.2, 0.25) is 0 Å². The van der Waals surface area contributed by atoms with Crippen LogP contribution in [0.15, 0.2) is 82.0 Å². The lowest BCUT2D eigenvalue weighted by Crippen LogP contribution is -2.32. The van der Waals surface area contributed by atoms with E-state index in [0.29, 0.717) is 16.7 Å². The Kier molecular flexibility index (Phi) is 7.72. The van der Waals surface area contributed by atoms with Gasteiger partial charge in [0.05, 0.1) is 15.6 Å². The Labute approximate surface area is 201 Å². The maximum absolute atomic E-state index is 12.8. The predicted octanol–water partition coefficient (Wildman–Crippen LogP) is 3.69. The number of halogens is 1. The number of hydrogen-bond acceptors (Lipinski definition) is 7. The number of rotatable bonds is 7. The molecule has 0 aromatic heterocycles. The summed E-state index contributed by atoms with van der Waals surface area (Å²) in [5.74, 6) is -2.02. The first-order valence-electron chi connectivity index (χ1n) is 9.62. The van der Waals surface area contributed by atoms with Crippen molar-refractivity contribution in [1.82, 2.24) is 10.7 Å². The van der Waals surface area contributed by atoms with E-state index in [4.69, 9.17) is 0 Å². The number of phenols is 2. The van der Waals surface area contributed by atoms with Crippen LogP contribution in [0.25, 0.3) is 6.08 Å². The van der Waals surface area contributed by atoms with Crippen molar-refractivity contribution in [3.63, 3.8) is 0 Å². The quantitative estimate of drug-likeness (QED) is 0.121. The molecule has 3 aromatic rings. The number of hydrogen-bond donors (Lipinski definition) is 4. The average Bonchev–Trinajstić information content (AvgIpc) is 2.82. The molecule has 0 aliphatic heterocycles. The second-order valence-electron chi connectivity index (χ2n) is 6.80. The van der Waals surface area contributed by atoms with Gasteiger partial charge in [-0.1, -0.05) is 18.2 Å². The number of nitro benzene ring substituents is 1. The topological polar surface area (TPSA) is 154 Å². The van der Waals surface area contributed by atoms with Gasteiger partial charge in [-0.25, -0.2) is 5.43 Å². The number of nitrogens with one attached hydrogen (secondary N) is 2. The zero-order valence-electron chi connectivity index (χ0n) is 17.3. The van der Waals surface area contributed by atoms with Crippen LogP contribution in [0.5, 0.6) is 11.5 Å². The average molecular weight is 525 g/mol. The molecule has 0 aliphatic carbocycles. The van der Waals surface area contributed by atoms with Crippen molar-refractivity contribution in [2.45, 2.75) is 0 Å². The molecule has 0 bridgehead atoms. The number of hydrazone groups is 1. The molecular formula is C23H17BrN4O6. The summed E-state index contributed by atoms with van der Waals surface area (Å²) in [4.78, 5) is 35.6. The molecule has 172 valence electrons. The van der Waals surface area contributed by atoms with Gasteiger partial charge in [0.15, 0.2) is 11.5 Å². The van der Waals surface area contributed by atoms with Gasteiger partial charge in [0.2, 0.25) is 0 Å². The highest BCUT2D eigenvalue weighted by atomic mass is 79.9. The Morgan fingerprint density at radius 2 is 1.68 bits per heavy atom. The summed E-state index contributed by atoms with van der Waals surface area (Å²) in [7, 11) is 0. The van der Waals surface area contributed by atoms with Gasteiger partial charge >= 0.3 is 0 Å². The Morgan fingerprint density at radius 1 is 1.00 bits per heavy atom. The third-order valence-electron chi connectivity index (χ3n) is 4.39. The molecule has 0 saturated heterocycles. The molecule has 0 saturated carbocycles. The summed E-state index contributed by atoms with van der Waals surface area (Å²) in [5, 5.41) is 36.5. The van der Waals surface area contributed by atoms with Gasteiger partial charge in [-0.3, -0.25) is 19.7 Å². The third-order valence-corrected chi connectivity index (χ3v) is 4.99. The normalized spacial score (nSPS) is 11.3. The van der Waals surface area contributed by atoms with E-state index in [1.54, 1.807) is 30.3 Å². The minimum Gasteiger partial charge on any atom is -0.504 e. The van der Waals surface area contributed by atoms with Crippen LogP contribution >= 0.6 is 15.9 Å². The first-order chi connectivity index (χ1) is 16.2. The molecular weight excluding hydrogens is 508 g/mol. The van der Waals surface area contributed by atoms with Crippen LogP contribution in [0.4, 0.5) is 5.69 Å². The van der Waals surface area contributed by atoms with Crippen molar-refractivity contribution in [3.8, 4) is 11.5 Å². The van der Waals surface area contributed by atoms with Crippen LogP contribution in [-0.2, 0) is 4.79 Å². The lowest BCUT2D eigenvalue weighted by atomic mass is 10.1. The summed E-state index contributed by atoms with van der Waals surface area (Å²) >= 11 is 3.08. The third kappa shape index (κ3) is 6.26. The van der Waals surface area contributed by atoms with Crippen LogP contribution < -0.4 is 10.7 Å². The van der Waals surface area contributed by atoms with Crippen LogP contribution in [0.1, 0.15) is 21.5 Å². The predicted molar refractivity (Wildman–Crippen MR) is 128 cm³/mol. The number of non-ortho nitro benzene ring substituents is 1. The Morgan fingerprint density at radius 3 is 2.29 bits per heavy atom. The van der Waals surface area contributed by atoms with Gasteiger partial charge in [-0.15, -0.1) is 0 Å². The second-order valence-corrected chi connectivity index (χ2v) is 7.65. The van der Waals surface area contributed by atoms with Crippen molar-refractivity contribution >= 4 is 45.7 Å². The molecule has 11 heteroatoms. The first kappa shape index (κ1) is 24.1. The van der Waals surface area contributed by atoms with E-state index in [1.165, 1.54) is 48.7 Å². The van der Waals surface area contributed by atoms with E-state index in [-0.39, 0.29) is 27.4 Å². The zero-order chi connectivity index (χ0) is 24.7. The monoisotopic (exact) mass is 524 g/mol. The maximum Gasteiger partial charge on any atom is 0.287 e. The largest absolute Gasteiger partial charge is 0.504 e. The molecule has 3 rings (SSSR count). The van der Waals surface area contributed by atoms with Crippen LogP contribution in [-0.4, -0.2) is 33.2 Å². The lowest BCUT2D eigenvalue weighted by Gasteiger charge is -2.09. The number of benzene rings is 3. The Hall–Kier alpha value is -4.51. The molecule has 0 spiro atoms. The second kappa shape index (κ2) is 10.9. The highest BCUT2D eigenvalue weighted by molar-refractivity contribution is 9.10. The summed E-state index contributed by atoms with van der Waals surface area (Å²) in [6, 6.07) is 16.3. The summed E-state index contributed by atoms with van der Waals surface area (Å²) in [5.41, 5.74) is 3.11. The Balaban J connectivity index is 1.83. The minimum atomic E-state index is -0.763. The van der Waals surface area contributed by atoms with Gasteiger partial charge in [0.1, 0.15) is 5.70 Å². The summed E-state index contributed by atoms with van der Waals surface area (Å²) in [6.07, 6.45) is 2.57. The summed E-state index contributed by atoms with van der Waals surface area (Å²) < 4.78 is 0.231. The van der Waals surface area contributed by atoms with E-state index < -0.39 is 16.7 Å². The zero-order valence-corrected chi connectivity index (χ0v) is 18.9. The molecule has 3 aromatic carbocycles. The number of amides is 2. The van der Waals surface area contributed by atoms with Crippen molar-refractivity contribution in [3.05, 3.63) is 104 Å². The van der Waals surface area contributed by atoms with Crippen LogP contribution in [0, 0.1) is 10.1 Å². The van der Waals surface area contributed by atoms with E-state index in [0.717, 1.165) is 0 Å². The maximum atomic E-state index is 12.8.